The molecule has 2 heterocycles. The number of esters is 1. The number of hydrogen-bond donors (Lipinski definition) is 0. The molecule has 0 saturated carbocycles. The van der Waals surface area contributed by atoms with E-state index in [1.165, 1.54) is 10.7 Å². The maximum absolute atomic E-state index is 12.1. The number of carbonyl (C=O) groups excluding carboxylic acids is 1. The van der Waals surface area contributed by atoms with Crippen molar-refractivity contribution in [3.63, 3.8) is 0 Å². The Balaban J connectivity index is 1.62. The van der Waals surface area contributed by atoms with E-state index in [0.717, 1.165) is 38.2 Å². The standard InChI is InChI=1S/C23H14INO3S/c1-27-23(26)17-7-3-6-16-18-11-13(8-9-20(18)28-21(16)17)19-12-29-22(25-19)14-4-2-5-15(24)10-14/h2-12H,1H3. The van der Waals surface area contributed by atoms with E-state index in [2.05, 4.69) is 52.2 Å². The average Bonchev–Trinajstić information content (AvgIpc) is 3.37. The van der Waals surface area contributed by atoms with E-state index in [-0.39, 0.29) is 0 Å². The van der Waals surface area contributed by atoms with Gasteiger partial charge in [-0.2, -0.15) is 0 Å². The Morgan fingerprint density at radius 1 is 1.03 bits per heavy atom. The Morgan fingerprint density at radius 3 is 2.72 bits per heavy atom. The Morgan fingerprint density at radius 2 is 1.90 bits per heavy atom. The molecule has 0 aliphatic heterocycles. The lowest BCUT2D eigenvalue weighted by Gasteiger charge is -1.99. The van der Waals surface area contributed by atoms with Crippen LogP contribution in [0.2, 0.25) is 0 Å². The quantitative estimate of drug-likeness (QED) is 0.198. The van der Waals surface area contributed by atoms with Crippen molar-refractivity contribution in [1.82, 2.24) is 4.98 Å². The number of thiazole rings is 1. The van der Waals surface area contributed by atoms with Crippen LogP contribution in [-0.4, -0.2) is 18.1 Å². The molecule has 142 valence electrons. The van der Waals surface area contributed by atoms with Gasteiger partial charge in [0.15, 0.2) is 0 Å². The molecule has 4 nitrogen and oxygen atoms in total. The van der Waals surface area contributed by atoms with Gasteiger partial charge in [-0.05, 0) is 59.0 Å². The second-order valence-electron chi connectivity index (χ2n) is 6.54. The molecule has 6 heteroatoms. The summed E-state index contributed by atoms with van der Waals surface area (Å²) < 4.78 is 12.0. The zero-order valence-corrected chi connectivity index (χ0v) is 18.3. The van der Waals surface area contributed by atoms with E-state index in [4.69, 9.17) is 14.1 Å². The first kappa shape index (κ1) is 18.3. The fourth-order valence-corrected chi connectivity index (χ4v) is 4.76. The van der Waals surface area contributed by atoms with E-state index in [1.54, 1.807) is 17.4 Å². The van der Waals surface area contributed by atoms with Crippen LogP contribution < -0.4 is 0 Å². The summed E-state index contributed by atoms with van der Waals surface area (Å²) in [7, 11) is 1.37. The summed E-state index contributed by atoms with van der Waals surface area (Å²) in [5.74, 6) is -0.406. The smallest absolute Gasteiger partial charge is 0.341 e. The molecule has 0 N–H and O–H groups in total. The van der Waals surface area contributed by atoms with Crippen LogP contribution in [0.4, 0.5) is 0 Å². The molecule has 5 aromatic rings. The van der Waals surface area contributed by atoms with Crippen LogP contribution >= 0.6 is 33.9 Å². The Hall–Kier alpha value is -2.71. The fourth-order valence-electron chi connectivity index (χ4n) is 3.39. The number of methoxy groups -OCH3 is 1. The number of carbonyl (C=O) groups is 1. The molecule has 0 aliphatic rings. The fraction of sp³-hybridized carbons (Fsp3) is 0.0435. The van der Waals surface area contributed by atoms with Gasteiger partial charge in [-0.15, -0.1) is 11.3 Å². The van der Waals surface area contributed by atoms with Crippen molar-refractivity contribution < 1.29 is 13.9 Å². The highest BCUT2D eigenvalue weighted by atomic mass is 127. The predicted molar refractivity (Wildman–Crippen MR) is 124 cm³/mol. The van der Waals surface area contributed by atoms with Gasteiger partial charge in [0, 0.05) is 30.8 Å². The molecule has 5 rings (SSSR count). The van der Waals surface area contributed by atoms with Gasteiger partial charge in [-0.1, -0.05) is 24.3 Å². The molecule has 0 unspecified atom stereocenters. The monoisotopic (exact) mass is 511 g/mol. The number of fused-ring (bicyclic) bond motifs is 3. The van der Waals surface area contributed by atoms with Crippen molar-refractivity contribution in [2.45, 2.75) is 0 Å². The van der Waals surface area contributed by atoms with E-state index in [0.29, 0.717) is 11.1 Å². The zero-order valence-electron chi connectivity index (χ0n) is 15.3. The van der Waals surface area contributed by atoms with E-state index < -0.39 is 5.97 Å². The maximum atomic E-state index is 12.1. The third kappa shape index (κ3) is 3.22. The maximum Gasteiger partial charge on any atom is 0.341 e. The van der Waals surface area contributed by atoms with Gasteiger partial charge >= 0.3 is 5.97 Å². The molecular weight excluding hydrogens is 497 g/mol. The van der Waals surface area contributed by atoms with Crippen LogP contribution in [0.3, 0.4) is 0 Å². The summed E-state index contributed by atoms with van der Waals surface area (Å²) in [4.78, 5) is 16.9. The van der Waals surface area contributed by atoms with Gasteiger partial charge < -0.3 is 9.15 Å². The molecule has 29 heavy (non-hydrogen) atoms. The van der Waals surface area contributed by atoms with E-state index in [1.807, 2.05) is 30.3 Å². The topological polar surface area (TPSA) is 52.3 Å². The highest BCUT2D eigenvalue weighted by Gasteiger charge is 2.17. The first-order valence-corrected chi connectivity index (χ1v) is 10.9. The van der Waals surface area contributed by atoms with Gasteiger partial charge in [0.05, 0.1) is 12.8 Å². The van der Waals surface area contributed by atoms with Crippen LogP contribution in [0.25, 0.3) is 43.8 Å². The van der Waals surface area contributed by atoms with Crippen molar-refractivity contribution in [1.29, 1.82) is 0 Å². The number of hydrogen-bond acceptors (Lipinski definition) is 5. The Kier molecular flexibility index (Phi) is 4.60. The van der Waals surface area contributed by atoms with Gasteiger partial charge in [0.1, 0.15) is 21.7 Å². The zero-order chi connectivity index (χ0) is 20.0. The Bertz CT molecular complexity index is 1390. The molecule has 0 bridgehead atoms. The molecular formula is C23H14INO3S. The van der Waals surface area contributed by atoms with Crippen molar-refractivity contribution in [2.24, 2.45) is 0 Å². The van der Waals surface area contributed by atoms with Crippen molar-refractivity contribution in [3.8, 4) is 21.8 Å². The third-order valence-electron chi connectivity index (χ3n) is 4.77. The number of benzene rings is 3. The summed E-state index contributed by atoms with van der Waals surface area (Å²) >= 11 is 3.94. The third-order valence-corrected chi connectivity index (χ3v) is 6.34. The second kappa shape index (κ2) is 7.27. The van der Waals surface area contributed by atoms with Gasteiger partial charge in [0.25, 0.3) is 0 Å². The minimum Gasteiger partial charge on any atom is -0.465 e. The minimum atomic E-state index is -0.406. The molecule has 3 aromatic carbocycles. The molecule has 0 amide bonds. The van der Waals surface area contributed by atoms with Crippen molar-refractivity contribution >= 4 is 61.8 Å². The number of ether oxygens (including phenoxy) is 1. The summed E-state index contributed by atoms with van der Waals surface area (Å²) in [6.45, 7) is 0. The molecule has 0 aliphatic carbocycles. The first-order chi connectivity index (χ1) is 14.1. The number of para-hydroxylation sites is 1. The summed E-state index contributed by atoms with van der Waals surface area (Å²) in [5, 5.41) is 4.90. The molecule has 0 atom stereocenters. The molecule has 2 aromatic heterocycles. The molecule has 0 fully saturated rings. The summed E-state index contributed by atoms with van der Waals surface area (Å²) in [5.41, 5.74) is 4.75. The molecule has 0 radical (unpaired) electrons. The van der Waals surface area contributed by atoms with Crippen LogP contribution in [0.15, 0.2) is 70.5 Å². The van der Waals surface area contributed by atoms with Crippen LogP contribution in [0.1, 0.15) is 10.4 Å². The minimum absolute atomic E-state index is 0.406. The van der Waals surface area contributed by atoms with Crippen molar-refractivity contribution in [2.75, 3.05) is 7.11 Å². The lowest BCUT2D eigenvalue weighted by Crippen LogP contribution is -2.00. The lowest BCUT2D eigenvalue weighted by atomic mass is 10.1. The number of aromatic nitrogens is 1. The predicted octanol–water partition coefficient (Wildman–Crippen LogP) is 6.77. The molecule has 0 spiro atoms. The highest BCUT2D eigenvalue weighted by Crippen LogP contribution is 2.35. The van der Waals surface area contributed by atoms with Gasteiger partial charge in [-0.25, -0.2) is 9.78 Å². The van der Waals surface area contributed by atoms with Crippen molar-refractivity contribution in [3.05, 3.63) is 75.2 Å². The normalized spacial score (nSPS) is 11.2. The van der Waals surface area contributed by atoms with Crippen LogP contribution in [0.5, 0.6) is 0 Å². The number of halogens is 1. The van der Waals surface area contributed by atoms with Crippen LogP contribution in [0, 0.1) is 3.57 Å². The van der Waals surface area contributed by atoms with Gasteiger partial charge in [0.2, 0.25) is 0 Å². The number of furan rings is 1. The average molecular weight is 511 g/mol. The largest absolute Gasteiger partial charge is 0.465 e. The summed E-state index contributed by atoms with van der Waals surface area (Å²) in [6, 6.07) is 19.8. The highest BCUT2D eigenvalue weighted by molar-refractivity contribution is 14.1. The summed E-state index contributed by atoms with van der Waals surface area (Å²) in [6.07, 6.45) is 0. The second-order valence-corrected chi connectivity index (χ2v) is 8.64. The first-order valence-electron chi connectivity index (χ1n) is 8.89. The number of rotatable bonds is 3. The Labute approximate surface area is 184 Å². The van der Waals surface area contributed by atoms with Crippen LogP contribution in [-0.2, 0) is 4.74 Å². The van der Waals surface area contributed by atoms with E-state index >= 15 is 0 Å². The number of nitrogens with zero attached hydrogens (tertiary/aromatic N) is 1. The SMILES string of the molecule is COC(=O)c1cccc2c1oc1ccc(-c3csc(-c4cccc(I)c4)n3)cc12. The van der Waals surface area contributed by atoms with E-state index in [9.17, 15) is 4.79 Å². The lowest BCUT2D eigenvalue weighted by molar-refractivity contribution is 0.0602. The van der Waals surface area contributed by atoms with Gasteiger partial charge in [-0.3, -0.25) is 0 Å². The molecule has 0 saturated heterocycles.